The van der Waals surface area contributed by atoms with E-state index in [4.69, 9.17) is 0 Å². The molecule has 1 amide bonds. The summed E-state index contributed by atoms with van der Waals surface area (Å²) in [6.07, 6.45) is 3.69. The van der Waals surface area contributed by atoms with Crippen LogP contribution in [0.4, 0.5) is 0 Å². The van der Waals surface area contributed by atoms with Crippen molar-refractivity contribution in [1.29, 1.82) is 0 Å². The first-order chi connectivity index (χ1) is 7.15. The standard InChI is InChI=1S/C11H17NOS2/c1-3-10(13)12-6-4-11(5-7-12)14-8-9(2)15-11/h3,9H,1,4-8H2,2H3. The monoisotopic (exact) mass is 243 g/mol. The van der Waals surface area contributed by atoms with E-state index >= 15 is 0 Å². The zero-order valence-corrected chi connectivity index (χ0v) is 10.7. The van der Waals surface area contributed by atoms with Crippen molar-refractivity contribution in [3.63, 3.8) is 0 Å². The molecule has 2 aliphatic heterocycles. The highest BCUT2D eigenvalue weighted by molar-refractivity contribution is 8.21. The van der Waals surface area contributed by atoms with Gasteiger partial charge in [-0.1, -0.05) is 13.5 Å². The van der Waals surface area contributed by atoms with Crippen LogP contribution in [0.2, 0.25) is 0 Å². The Labute approximate surface area is 99.9 Å². The van der Waals surface area contributed by atoms with E-state index in [1.807, 2.05) is 4.90 Å². The molecule has 0 radical (unpaired) electrons. The van der Waals surface area contributed by atoms with Gasteiger partial charge in [0.1, 0.15) is 0 Å². The number of nitrogens with zero attached hydrogens (tertiary/aromatic N) is 1. The molecule has 2 heterocycles. The lowest BCUT2D eigenvalue weighted by atomic mass is 10.1. The molecule has 2 nitrogen and oxygen atoms in total. The molecule has 1 spiro atoms. The number of hydrogen-bond acceptors (Lipinski definition) is 3. The van der Waals surface area contributed by atoms with Gasteiger partial charge in [0, 0.05) is 24.1 Å². The average molecular weight is 243 g/mol. The van der Waals surface area contributed by atoms with E-state index in [9.17, 15) is 4.79 Å². The molecule has 0 aromatic carbocycles. The van der Waals surface area contributed by atoms with E-state index in [0.717, 1.165) is 31.2 Å². The number of hydrogen-bond donors (Lipinski definition) is 0. The van der Waals surface area contributed by atoms with E-state index in [-0.39, 0.29) is 5.91 Å². The first-order valence-electron chi connectivity index (χ1n) is 5.38. The first-order valence-corrected chi connectivity index (χ1v) is 7.25. The Morgan fingerprint density at radius 1 is 1.53 bits per heavy atom. The second kappa shape index (κ2) is 4.42. The maximum Gasteiger partial charge on any atom is 0.245 e. The number of amides is 1. The number of thioether (sulfide) groups is 2. The number of carbonyl (C=O) groups excluding carboxylic acids is 1. The Hall–Kier alpha value is -0.0900. The topological polar surface area (TPSA) is 20.3 Å². The molecule has 84 valence electrons. The fraction of sp³-hybridized carbons (Fsp3) is 0.727. The largest absolute Gasteiger partial charge is 0.339 e. The second-order valence-electron chi connectivity index (χ2n) is 4.18. The summed E-state index contributed by atoms with van der Waals surface area (Å²) in [6, 6.07) is 0. The van der Waals surface area contributed by atoms with Gasteiger partial charge in [0.25, 0.3) is 0 Å². The average Bonchev–Trinajstić information content (AvgIpc) is 2.60. The molecule has 0 saturated carbocycles. The Bertz CT molecular complexity index is 272. The maximum atomic E-state index is 11.4. The molecule has 0 aromatic heterocycles. The van der Waals surface area contributed by atoms with Crippen LogP contribution in [0.1, 0.15) is 19.8 Å². The van der Waals surface area contributed by atoms with Crippen LogP contribution < -0.4 is 0 Å². The molecule has 2 aliphatic rings. The van der Waals surface area contributed by atoms with Crippen LogP contribution in [0.25, 0.3) is 0 Å². The minimum absolute atomic E-state index is 0.0888. The molecule has 0 bridgehead atoms. The Balaban J connectivity index is 1.92. The van der Waals surface area contributed by atoms with Crippen LogP contribution >= 0.6 is 23.5 Å². The van der Waals surface area contributed by atoms with Crippen LogP contribution in [0, 0.1) is 0 Å². The summed E-state index contributed by atoms with van der Waals surface area (Å²) in [7, 11) is 0. The molecule has 2 rings (SSSR count). The van der Waals surface area contributed by atoms with E-state index in [1.54, 1.807) is 0 Å². The first kappa shape index (κ1) is 11.4. The van der Waals surface area contributed by atoms with Crippen molar-refractivity contribution < 1.29 is 4.79 Å². The van der Waals surface area contributed by atoms with Crippen LogP contribution in [0.5, 0.6) is 0 Å². The fourth-order valence-electron chi connectivity index (χ4n) is 2.16. The summed E-state index contributed by atoms with van der Waals surface area (Å²) in [6.45, 7) is 7.64. The van der Waals surface area contributed by atoms with Gasteiger partial charge in [-0.15, -0.1) is 23.5 Å². The van der Waals surface area contributed by atoms with Gasteiger partial charge in [-0.05, 0) is 18.9 Å². The molecule has 2 saturated heterocycles. The van der Waals surface area contributed by atoms with Gasteiger partial charge in [0.2, 0.25) is 5.91 Å². The Morgan fingerprint density at radius 3 is 2.67 bits per heavy atom. The summed E-state index contributed by atoms with van der Waals surface area (Å²) >= 11 is 4.20. The predicted molar refractivity (Wildman–Crippen MR) is 68.3 cm³/mol. The van der Waals surface area contributed by atoms with Crippen molar-refractivity contribution in [2.75, 3.05) is 18.8 Å². The lowest BCUT2D eigenvalue weighted by molar-refractivity contribution is -0.126. The van der Waals surface area contributed by atoms with Crippen molar-refractivity contribution in [1.82, 2.24) is 4.90 Å². The van der Waals surface area contributed by atoms with Gasteiger partial charge in [-0.3, -0.25) is 4.79 Å². The molecule has 4 heteroatoms. The molecule has 15 heavy (non-hydrogen) atoms. The maximum absolute atomic E-state index is 11.4. The third kappa shape index (κ3) is 2.36. The highest BCUT2D eigenvalue weighted by Crippen LogP contribution is 2.53. The van der Waals surface area contributed by atoms with E-state index in [2.05, 4.69) is 37.0 Å². The molecule has 0 N–H and O–H groups in total. The third-order valence-corrected chi connectivity index (χ3v) is 6.87. The van der Waals surface area contributed by atoms with E-state index in [0.29, 0.717) is 4.08 Å². The minimum atomic E-state index is 0.0888. The van der Waals surface area contributed by atoms with Crippen molar-refractivity contribution >= 4 is 29.4 Å². The minimum Gasteiger partial charge on any atom is -0.339 e. The molecular formula is C11H17NOS2. The summed E-state index contributed by atoms with van der Waals surface area (Å²) < 4.78 is 0.414. The van der Waals surface area contributed by atoms with Crippen molar-refractivity contribution in [3.05, 3.63) is 12.7 Å². The van der Waals surface area contributed by atoms with Crippen molar-refractivity contribution in [3.8, 4) is 0 Å². The SMILES string of the molecule is C=CC(=O)N1CCC2(CC1)SCC(C)S2. The quantitative estimate of drug-likeness (QED) is 0.659. The van der Waals surface area contributed by atoms with Crippen molar-refractivity contribution in [2.24, 2.45) is 0 Å². The molecule has 1 unspecified atom stereocenters. The fourth-order valence-corrected chi connectivity index (χ4v) is 5.77. The highest BCUT2D eigenvalue weighted by Gasteiger charge is 2.41. The van der Waals surface area contributed by atoms with Crippen LogP contribution in [-0.2, 0) is 4.79 Å². The molecule has 0 aromatic rings. The summed E-state index contributed by atoms with van der Waals surface area (Å²) in [5.74, 6) is 1.35. The van der Waals surface area contributed by atoms with Gasteiger partial charge in [-0.25, -0.2) is 0 Å². The third-order valence-electron chi connectivity index (χ3n) is 3.01. The smallest absolute Gasteiger partial charge is 0.245 e. The molecule has 1 atom stereocenters. The number of piperidine rings is 1. The number of rotatable bonds is 1. The zero-order valence-electron chi connectivity index (χ0n) is 9.07. The highest BCUT2D eigenvalue weighted by atomic mass is 32.2. The summed E-state index contributed by atoms with van der Waals surface area (Å²) in [5.41, 5.74) is 0. The van der Waals surface area contributed by atoms with Crippen LogP contribution in [-0.4, -0.2) is 39.0 Å². The van der Waals surface area contributed by atoms with Crippen LogP contribution in [0.3, 0.4) is 0 Å². The Morgan fingerprint density at radius 2 is 2.20 bits per heavy atom. The van der Waals surface area contributed by atoms with Crippen LogP contribution in [0.15, 0.2) is 12.7 Å². The predicted octanol–water partition coefficient (Wildman–Crippen LogP) is 2.36. The molecular weight excluding hydrogens is 226 g/mol. The van der Waals surface area contributed by atoms with E-state index in [1.165, 1.54) is 11.8 Å². The van der Waals surface area contributed by atoms with Gasteiger partial charge in [0.05, 0.1) is 4.08 Å². The summed E-state index contributed by atoms with van der Waals surface area (Å²) in [4.78, 5) is 13.3. The number of carbonyl (C=O) groups is 1. The lowest BCUT2D eigenvalue weighted by Crippen LogP contribution is -2.42. The molecule has 0 aliphatic carbocycles. The van der Waals surface area contributed by atoms with Gasteiger partial charge in [-0.2, -0.15) is 0 Å². The zero-order chi connectivity index (χ0) is 10.9. The normalized spacial score (nSPS) is 29.4. The van der Waals surface area contributed by atoms with Crippen molar-refractivity contribution in [2.45, 2.75) is 29.1 Å². The lowest BCUT2D eigenvalue weighted by Gasteiger charge is -2.37. The van der Waals surface area contributed by atoms with Gasteiger partial charge < -0.3 is 4.90 Å². The summed E-state index contributed by atoms with van der Waals surface area (Å²) in [5, 5.41) is 0.775. The van der Waals surface area contributed by atoms with Gasteiger partial charge >= 0.3 is 0 Å². The number of likely N-dealkylation sites (tertiary alicyclic amines) is 1. The van der Waals surface area contributed by atoms with E-state index < -0.39 is 0 Å². The van der Waals surface area contributed by atoms with Gasteiger partial charge in [0.15, 0.2) is 0 Å². The second-order valence-corrected chi connectivity index (χ2v) is 7.66. The molecule has 2 fully saturated rings. The Kier molecular flexibility index (Phi) is 3.36.